The lowest BCUT2D eigenvalue weighted by Gasteiger charge is -2.47. The van der Waals surface area contributed by atoms with E-state index in [1.54, 1.807) is 11.0 Å². The molecule has 0 spiro atoms. The molecule has 0 saturated carbocycles. The van der Waals surface area contributed by atoms with Crippen LogP contribution in [0.4, 0.5) is 0 Å². The minimum absolute atomic E-state index is 0.103. The summed E-state index contributed by atoms with van der Waals surface area (Å²) in [5, 5.41) is 20.5. The predicted molar refractivity (Wildman–Crippen MR) is 154 cm³/mol. The molecule has 3 aromatic rings. The van der Waals surface area contributed by atoms with Gasteiger partial charge in [-0.05, 0) is 53.6 Å². The van der Waals surface area contributed by atoms with Crippen LogP contribution in [0.25, 0.3) is 10.8 Å². The van der Waals surface area contributed by atoms with Gasteiger partial charge in [0.05, 0.1) is 23.3 Å². The zero-order valence-corrected chi connectivity index (χ0v) is 23.1. The molecule has 5 rings (SSSR count). The number of benzene rings is 3. The molecule has 2 heterocycles. The molecule has 7 nitrogen and oxygen atoms in total. The van der Waals surface area contributed by atoms with Crippen LogP contribution in [0.2, 0.25) is 0 Å². The van der Waals surface area contributed by atoms with E-state index in [2.05, 4.69) is 21.9 Å². The SMILES string of the molecule is CN(CC(CCN1CC(N2CC[S+]([O-])CC2)C1)c1ccc(C#N)cc1)C(=O)c1cc(C#N)cc2ccccc12. The highest BCUT2D eigenvalue weighted by molar-refractivity contribution is 7.91. The molecule has 0 radical (unpaired) electrons. The van der Waals surface area contributed by atoms with Gasteiger partial charge in [0.25, 0.3) is 5.91 Å². The van der Waals surface area contributed by atoms with Gasteiger partial charge >= 0.3 is 0 Å². The van der Waals surface area contributed by atoms with Crippen molar-refractivity contribution in [2.75, 3.05) is 57.8 Å². The molecule has 39 heavy (non-hydrogen) atoms. The number of rotatable bonds is 8. The second-order valence-electron chi connectivity index (χ2n) is 10.6. The maximum atomic E-state index is 13.7. The summed E-state index contributed by atoms with van der Waals surface area (Å²) in [6.07, 6.45) is 0.888. The Hall–Kier alpha value is -3.40. The minimum atomic E-state index is -0.655. The number of hydrogen-bond acceptors (Lipinski definition) is 6. The Labute approximate surface area is 233 Å². The molecule has 1 unspecified atom stereocenters. The average Bonchev–Trinajstić information content (AvgIpc) is 2.95. The van der Waals surface area contributed by atoms with Crippen LogP contribution in [-0.4, -0.2) is 89.0 Å². The molecule has 0 aromatic heterocycles. The van der Waals surface area contributed by atoms with E-state index in [-0.39, 0.29) is 11.8 Å². The van der Waals surface area contributed by atoms with E-state index in [0.29, 0.717) is 29.3 Å². The van der Waals surface area contributed by atoms with Crippen LogP contribution in [0.5, 0.6) is 0 Å². The number of nitrogens with zero attached hydrogens (tertiary/aromatic N) is 5. The second kappa shape index (κ2) is 12.2. The van der Waals surface area contributed by atoms with Gasteiger partial charge in [0.2, 0.25) is 0 Å². The number of fused-ring (bicyclic) bond motifs is 1. The lowest BCUT2D eigenvalue weighted by atomic mass is 9.92. The number of likely N-dealkylation sites (N-methyl/N-ethyl adjacent to an activating group) is 1. The third-order valence-electron chi connectivity index (χ3n) is 8.03. The highest BCUT2D eigenvalue weighted by Gasteiger charge is 2.34. The van der Waals surface area contributed by atoms with Crippen molar-refractivity contribution in [2.24, 2.45) is 0 Å². The molecule has 200 valence electrons. The van der Waals surface area contributed by atoms with Crippen molar-refractivity contribution >= 4 is 27.9 Å². The van der Waals surface area contributed by atoms with Gasteiger partial charge < -0.3 is 14.4 Å². The Morgan fingerprint density at radius 1 is 1.05 bits per heavy atom. The molecule has 0 aliphatic carbocycles. The molecule has 2 fully saturated rings. The fraction of sp³-hybridized carbons (Fsp3) is 0.387. The third kappa shape index (κ3) is 6.27. The van der Waals surface area contributed by atoms with Crippen LogP contribution in [0, 0.1) is 22.7 Å². The molecule has 0 bridgehead atoms. The van der Waals surface area contributed by atoms with Crippen LogP contribution < -0.4 is 0 Å². The van der Waals surface area contributed by atoms with E-state index >= 15 is 0 Å². The first kappa shape index (κ1) is 27.2. The summed E-state index contributed by atoms with van der Waals surface area (Å²) in [6.45, 7) is 5.35. The first-order chi connectivity index (χ1) is 18.9. The van der Waals surface area contributed by atoms with Gasteiger partial charge in [0.15, 0.2) is 0 Å². The Kier molecular flexibility index (Phi) is 8.50. The summed E-state index contributed by atoms with van der Waals surface area (Å²) in [5.74, 6) is 1.57. The van der Waals surface area contributed by atoms with Crippen molar-refractivity contribution in [2.45, 2.75) is 18.4 Å². The topological polar surface area (TPSA) is 97.4 Å². The maximum Gasteiger partial charge on any atom is 0.254 e. The quantitative estimate of drug-likeness (QED) is 0.406. The smallest absolute Gasteiger partial charge is 0.254 e. The first-order valence-corrected chi connectivity index (χ1v) is 14.9. The molecule has 8 heteroatoms. The first-order valence-electron chi connectivity index (χ1n) is 13.4. The largest absolute Gasteiger partial charge is 0.616 e. The van der Waals surface area contributed by atoms with Crippen LogP contribution >= 0.6 is 0 Å². The molecular weight excluding hydrogens is 506 g/mol. The fourth-order valence-electron chi connectivity index (χ4n) is 5.68. The minimum Gasteiger partial charge on any atom is -0.616 e. The van der Waals surface area contributed by atoms with Gasteiger partial charge in [0.1, 0.15) is 11.5 Å². The zero-order valence-electron chi connectivity index (χ0n) is 22.3. The van der Waals surface area contributed by atoms with Crippen LogP contribution in [0.15, 0.2) is 60.7 Å². The highest BCUT2D eigenvalue weighted by atomic mass is 32.2. The van der Waals surface area contributed by atoms with Gasteiger partial charge in [-0.25, -0.2) is 0 Å². The molecular formula is C31H33N5O2S. The third-order valence-corrected chi connectivity index (χ3v) is 9.31. The second-order valence-corrected chi connectivity index (χ2v) is 12.3. The maximum absolute atomic E-state index is 13.7. The predicted octanol–water partition coefficient (Wildman–Crippen LogP) is 3.58. The molecule has 2 saturated heterocycles. The fourth-order valence-corrected chi connectivity index (χ4v) is 6.76. The Morgan fingerprint density at radius 3 is 2.44 bits per heavy atom. The van der Waals surface area contributed by atoms with Crippen molar-refractivity contribution in [3.8, 4) is 12.1 Å². The standard InChI is InChI=1S/C31H33N5O2S/c1-34(31(37)30-17-24(19-33)16-26-4-2-3-5-29(26)30)20-27(25-8-6-23(18-32)7-9-25)10-11-35-21-28(22-35)36-12-14-39(38)15-13-36/h2-9,16-17,27-28H,10-15,20-22H2,1H3. The average molecular weight is 540 g/mol. The molecule has 1 amide bonds. The summed E-state index contributed by atoms with van der Waals surface area (Å²) in [4.78, 5) is 20.4. The summed E-state index contributed by atoms with van der Waals surface area (Å²) in [7, 11) is 1.83. The Bertz CT molecular complexity index is 1400. The number of likely N-dealkylation sites (tertiary alicyclic amines) is 1. The van der Waals surface area contributed by atoms with E-state index in [1.807, 2.05) is 61.6 Å². The molecule has 0 N–H and O–H groups in total. The van der Waals surface area contributed by atoms with Gasteiger partial charge in [0, 0.05) is 57.3 Å². The number of amides is 1. The summed E-state index contributed by atoms with van der Waals surface area (Å²) in [6, 6.07) is 23.8. The monoisotopic (exact) mass is 539 g/mol. The Morgan fingerprint density at radius 2 is 1.74 bits per heavy atom. The highest BCUT2D eigenvalue weighted by Crippen LogP contribution is 2.27. The molecule has 1 atom stereocenters. The van der Waals surface area contributed by atoms with E-state index in [0.717, 1.165) is 67.0 Å². The number of carbonyl (C=O) groups is 1. The summed E-state index contributed by atoms with van der Waals surface area (Å²) in [5.41, 5.74) is 2.75. The number of nitriles is 2. The Balaban J connectivity index is 1.28. The van der Waals surface area contributed by atoms with Crippen LogP contribution in [0.1, 0.15) is 39.4 Å². The van der Waals surface area contributed by atoms with Crippen molar-refractivity contribution in [1.82, 2.24) is 14.7 Å². The van der Waals surface area contributed by atoms with Crippen molar-refractivity contribution < 1.29 is 9.35 Å². The normalized spacial score (nSPS) is 17.7. The van der Waals surface area contributed by atoms with Crippen molar-refractivity contribution in [1.29, 1.82) is 10.5 Å². The summed E-state index contributed by atoms with van der Waals surface area (Å²) >= 11 is -0.655. The van der Waals surface area contributed by atoms with Crippen molar-refractivity contribution in [3.63, 3.8) is 0 Å². The van der Waals surface area contributed by atoms with Gasteiger partial charge in [-0.3, -0.25) is 9.69 Å². The lowest BCUT2D eigenvalue weighted by Crippen LogP contribution is -2.62. The lowest BCUT2D eigenvalue weighted by molar-refractivity contribution is 0.0363. The van der Waals surface area contributed by atoms with E-state index < -0.39 is 11.2 Å². The van der Waals surface area contributed by atoms with Crippen LogP contribution in [-0.2, 0) is 11.2 Å². The van der Waals surface area contributed by atoms with E-state index in [9.17, 15) is 19.9 Å². The summed E-state index contributed by atoms with van der Waals surface area (Å²) < 4.78 is 11.7. The van der Waals surface area contributed by atoms with Gasteiger partial charge in [-0.2, -0.15) is 10.5 Å². The van der Waals surface area contributed by atoms with Gasteiger partial charge in [-0.1, -0.05) is 47.6 Å². The zero-order chi connectivity index (χ0) is 27.4. The van der Waals surface area contributed by atoms with Crippen molar-refractivity contribution in [3.05, 3.63) is 82.9 Å². The van der Waals surface area contributed by atoms with E-state index in [4.69, 9.17) is 0 Å². The number of hydrogen-bond donors (Lipinski definition) is 0. The van der Waals surface area contributed by atoms with E-state index in [1.165, 1.54) is 0 Å². The van der Waals surface area contributed by atoms with Gasteiger partial charge in [-0.15, -0.1) is 0 Å². The molecule has 2 aliphatic heterocycles. The molecule has 3 aromatic carbocycles. The molecule has 2 aliphatic rings. The van der Waals surface area contributed by atoms with Crippen LogP contribution in [0.3, 0.4) is 0 Å². The number of carbonyl (C=O) groups excluding carboxylic acids is 1.